The van der Waals surface area contributed by atoms with Crippen LogP contribution in [0, 0.1) is 18.6 Å². The molecule has 3 aromatic rings. The molecule has 0 spiro atoms. The van der Waals surface area contributed by atoms with Gasteiger partial charge in [0.1, 0.15) is 28.8 Å². The van der Waals surface area contributed by atoms with E-state index in [9.17, 15) is 23.2 Å². The number of hydrogen-bond acceptors (Lipinski definition) is 8. The first-order chi connectivity index (χ1) is 21.2. The molecule has 4 bridgehead atoms. The number of nitrogens with zero attached hydrogens (tertiary/aromatic N) is 4. The number of ether oxygens (including phenoxy) is 2. The van der Waals surface area contributed by atoms with Crippen LogP contribution in [0.25, 0.3) is 0 Å². The molecule has 0 radical (unpaired) electrons. The van der Waals surface area contributed by atoms with E-state index in [0.29, 0.717) is 48.8 Å². The Kier molecular flexibility index (Phi) is 11.5. The highest BCUT2D eigenvalue weighted by atomic mass is 32.2. The van der Waals surface area contributed by atoms with Crippen LogP contribution in [0.5, 0.6) is 11.5 Å². The number of aryl methyl sites for hydroxylation is 2. The van der Waals surface area contributed by atoms with E-state index in [1.165, 1.54) is 18.1 Å². The molecule has 2 N–H and O–H groups in total. The van der Waals surface area contributed by atoms with E-state index >= 15 is 0 Å². The molecule has 1 aromatic heterocycles. The van der Waals surface area contributed by atoms with Gasteiger partial charge in [0, 0.05) is 31.6 Å². The maximum absolute atomic E-state index is 14.9. The molecule has 1 aliphatic rings. The lowest BCUT2D eigenvalue weighted by Crippen LogP contribution is -2.47. The fourth-order valence-corrected chi connectivity index (χ4v) is 5.20. The van der Waals surface area contributed by atoms with E-state index in [0.717, 1.165) is 11.6 Å². The minimum Gasteiger partial charge on any atom is -0.496 e. The normalized spacial score (nSPS) is 16.8. The summed E-state index contributed by atoms with van der Waals surface area (Å²) in [5.41, 5.74) is 1.06. The highest BCUT2D eigenvalue weighted by Crippen LogP contribution is 2.26. The summed E-state index contributed by atoms with van der Waals surface area (Å²) in [5, 5.41) is 14.0. The average molecular weight is 631 g/mol. The number of fused-ring (bicyclic) bond motifs is 4. The number of methoxy groups -OCH3 is 1. The largest absolute Gasteiger partial charge is 0.496 e. The standard InChI is InChI=1S/C30H36F2N6O5S/c1-19-6-7-21-16-22(19)28(39)34-24(10-15-44-3)29(40)33-11-4-12-37(17-20-18-38(36-35-20)13-5-14-43-21)30(41)26-25(42-2)9-8-23(31)27(26)32/h6-9,16,18,24H,4-5,10-15,17H2,1-3H3,(H,33,40)(H,34,39)/t24-/m0/s1. The van der Waals surface area contributed by atoms with Gasteiger partial charge in [-0.3, -0.25) is 19.1 Å². The van der Waals surface area contributed by atoms with Crippen molar-refractivity contribution < 1.29 is 32.6 Å². The van der Waals surface area contributed by atoms with Gasteiger partial charge in [-0.25, -0.2) is 8.78 Å². The topological polar surface area (TPSA) is 128 Å². The summed E-state index contributed by atoms with van der Waals surface area (Å²) < 4.78 is 41.6. The van der Waals surface area contributed by atoms with Gasteiger partial charge < -0.3 is 25.0 Å². The molecule has 1 atom stereocenters. The second-order valence-corrected chi connectivity index (χ2v) is 11.3. The highest BCUT2D eigenvalue weighted by Gasteiger charge is 2.27. The molecule has 1 aliphatic heterocycles. The molecule has 4 rings (SSSR count). The Morgan fingerprint density at radius 2 is 2.00 bits per heavy atom. The third-order valence-corrected chi connectivity index (χ3v) is 7.75. The van der Waals surface area contributed by atoms with Crippen LogP contribution in [-0.2, 0) is 17.9 Å². The third kappa shape index (κ3) is 8.24. The number of hydrogen-bond donors (Lipinski definition) is 2. The number of thioether (sulfide) groups is 1. The van der Waals surface area contributed by atoms with Crippen molar-refractivity contribution in [3.63, 3.8) is 0 Å². The van der Waals surface area contributed by atoms with Crippen molar-refractivity contribution in [3.8, 4) is 11.5 Å². The van der Waals surface area contributed by atoms with Crippen molar-refractivity contribution in [3.05, 3.63) is 70.5 Å². The lowest BCUT2D eigenvalue weighted by Gasteiger charge is -2.24. The summed E-state index contributed by atoms with van der Waals surface area (Å²) in [6.45, 7) is 2.81. The lowest BCUT2D eigenvalue weighted by atomic mass is 10.1. The predicted molar refractivity (Wildman–Crippen MR) is 161 cm³/mol. The fraction of sp³-hybridized carbons (Fsp3) is 0.433. The Hall–Kier alpha value is -4.20. The number of carbonyl (C=O) groups is 3. The first-order valence-electron chi connectivity index (χ1n) is 14.2. The van der Waals surface area contributed by atoms with Crippen molar-refractivity contribution in [1.82, 2.24) is 30.5 Å². The molecule has 0 saturated heterocycles. The zero-order valence-corrected chi connectivity index (χ0v) is 25.7. The van der Waals surface area contributed by atoms with Crippen LogP contribution in [0.2, 0.25) is 0 Å². The zero-order chi connectivity index (χ0) is 31.6. The molecule has 0 aliphatic carbocycles. The summed E-state index contributed by atoms with van der Waals surface area (Å²) in [5.74, 6) is -2.99. The van der Waals surface area contributed by atoms with Crippen LogP contribution >= 0.6 is 11.8 Å². The van der Waals surface area contributed by atoms with Gasteiger partial charge >= 0.3 is 0 Å². The van der Waals surface area contributed by atoms with E-state index < -0.39 is 29.1 Å². The van der Waals surface area contributed by atoms with Gasteiger partial charge in [-0.1, -0.05) is 11.3 Å². The van der Waals surface area contributed by atoms with E-state index in [1.807, 2.05) is 13.2 Å². The number of aromatic nitrogens is 3. The predicted octanol–water partition coefficient (Wildman–Crippen LogP) is 3.36. The van der Waals surface area contributed by atoms with Gasteiger partial charge in [0.2, 0.25) is 5.91 Å². The first kappa shape index (κ1) is 32.7. The molecule has 14 heteroatoms. The summed E-state index contributed by atoms with van der Waals surface area (Å²) in [7, 11) is 1.27. The van der Waals surface area contributed by atoms with Crippen LogP contribution in [-0.4, -0.2) is 82.5 Å². The van der Waals surface area contributed by atoms with E-state index in [2.05, 4.69) is 20.9 Å². The Bertz CT molecular complexity index is 1490. The Labute approximate surface area is 258 Å². The molecule has 2 heterocycles. The molecule has 236 valence electrons. The van der Waals surface area contributed by atoms with E-state index in [4.69, 9.17) is 9.47 Å². The quantitative estimate of drug-likeness (QED) is 0.440. The second kappa shape index (κ2) is 15.5. The zero-order valence-electron chi connectivity index (χ0n) is 24.9. The Morgan fingerprint density at radius 3 is 2.77 bits per heavy atom. The smallest absolute Gasteiger partial charge is 0.261 e. The van der Waals surface area contributed by atoms with Crippen LogP contribution < -0.4 is 20.1 Å². The van der Waals surface area contributed by atoms with Crippen molar-refractivity contribution in [2.24, 2.45) is 0 Å². The number of carbonyl (C=O) groups excluding carboxylic acids is 3. The number of amides is 3. The van der Waals surface area contributed by atoms with Crippen LogP contribution in [0.15, 0.2) is 36.5 Å². The molecular weight excluding hydrogens is 594 g/mol. The minimum absolute atomic E-state index is 0.0407. The third-order valence-electron chi connectivity index (χ3n) is 7.11. The first-order valence-corrected chi connectivity index (χ1v) is 15.6. The van der Waals surface area contributed by atoms with Crippen LogP contribution in [0.3, 0.4) is 0 Å². The molecule has 11 nitrogen and oxygen atoms in total. The number of halogens is 2. The molecule has 0 saturated carbocycles. The number of benzene rings is 2. The van der Waals surface area contributed by atoms with Gasteiger partial charge in [0.25, 0.3) is 11.8 Å². The maximum atomic E-state index is 14.9. The molecule has 2 aromatic carbocycles. The maximum Gasteiger partial charge on any atom is 0.261 e. The Morgan fingerprint density at radius 1 is 1.18 bits per heavy atom. The van der Waals surface area contributed by atoms with E-state index in [1.54, 1.807) is 40.8 Å². The summed E-state index contributed by atoms with van der Waals surface area (Å²) in [6.07, 6.45) is 4.85. The Balaban J connectivity index is 1.59. The molecule has 0 unspecified atom stereocenters. The number of nitrogens with one attached hydrogen (secondary N) is 2. The van der Waals surface area contributed by atoms with Gasteiger partial charge in [-0.2, -0.15) is 11.8 Å². The fourth-order valence-electron chi connectivity index (χ4n) is 4.73. The monoisotopic (exact) mass is 630 g/mol. The molecule has 3 amide bonds. The van der Waals surface area contributed by atoms with Gasteiger partial charge in [0.15, 0.2) is 11.6 Å². The second-order valence-electron chi connectivity index (χ2n) is 10.3. The molecule has 0 fully saturated rings. The van der Waals surface area contributed by atoms with Crippen molar-refractivity contribution in [1.29, 1.82) is 0 Å². The van der Waals surface area contributed by atoms with Gasteiger partial charge in [-0.05, 0) is 61.6 Å². The summed E-state index contributed by atoms with van der Waals surface area (Å²) in [6, 6.07) is 6.55. The summed E-state index contributed by atoms with van der Waals surface area (Å²) in [4.78, 5) is 41.3. The highest BCUT2D eigenvalue weighted by molar-refractivity contribution is 7.98. The SMILES string of the molecule is COc1ccc(F)c(F)c1C(=O)N1CCCNC(=O)[C@H](CCSC)NC(=O)c2cc(ccc2C)OCCCn2cc(nn2)C1. The van der Waals surface area contributed by atoms with Crippen molar-refractivity contribution in [2.45, 2.75) is 45.3 Å². The van der Waals surface area contributed by atoms with Crippen LogP contribution in [0.1, 0.15) is 51.2 Å². The number of rotatable bonds is 5. The lowest BCUT2D eigenvalue weighted by molar-refractivity contribution is -0.123. The average Bonchev–Trinajstić information content (AvgIpc) is 3.47. The van der Waals surface area contributed by atoms with Crippen LogP contribution in [0.4, 0.5) is 8.78 Å². The van der Waals surface area contributed by atoms with E-state index in [-0.39, 0.29) is 43.6 Å². The molecule has 44 heavy (non-hydrogen) atoms. The molecular formula is C30H36F2N6O5S. The minimum atomic E-state index is -1.31. The van der Waals surface area contributed by atoms with Crippen molar-refractivity contribution >= 4 is 29.5 Å². The van der Waals surface area contributed by atoms with Crippen molar-refractivity contribution in [2.75, 3.05) is 38.8 Å². The van der Waals surface area contributed by atoms with Gasteiger partial charge in [0.05, 0.1) is 26.5 Å². The summed E-state index contributed by atoms with van der Waals surface area (Å²) >= 11 is 1.55. The van der Waals surface area contributed by atoms with Gasteiger partial charge in [-0.15, -0.1) is 5.10 Å².